The molecule has 0 saturated heterocycles. The molecule has 2 heterocycles. The van der Waals surface area contributed by atoms with Gasteiger partial charge in [0.25, 0.3) is 5.91 Å². The fraction of sp³-hybridized carbons (Fsp3) is 0.286. The molecule has 0 aliphatic rings. The van der Waals surface area contributed by atoms with Crippen molar-refractivity contribution in [2.24, 2.45) is 5.92 Å². The van der Waals surface area contributed by atoms with Crippen LogP contribution < -0.4 is 5.32 Å². The Bertz CT molecular complexity index is 554. The number of aromatic nitrogens is 1. The quantitative estimate of drug-likeness (QED) is 0.868. The first-order valence-electron chi connectivity index (χ1n) is 6.04. The van der Waals surface area contributed by atoms with Gasteiger partial charge in [-0.3, -0.25) is 4.79 Å². The van der Waals surface area contributed by atoms with Crippen LogP contribution in [0, 0.1) is 5.92 Å². The van der Waals surface area contributed by atoms with E-state index >= 15 is 0 Å². The van der Waals surface area contributed by atoms with E-state index in [1.165, 1.54) is 0 Å². The summed E-state index contributed by atoms with van der Waals surface area (Å²) in [6, 6.07) is 9.04. The monoisotopic (exact) mass is 294 g/mol. The fourth-order valence-electron chi connectivity index (χ4n) is 1.78. The van der Waals surface area contributed by atoms with E-state index in [-0.39, 0.29) is 11.9 Å². The molecule has 100 valence electrons. The molecule has 2 aromatic heterocycles. The van der Waals surface area contributed by atoms with Crippen molar-refractivity contribution < 1.29 is 4.79 Å². The molecule has 1 unspecified atom stereocenters. The first kappa shape index (κ1) is 14.0. The summed E-state index contributed by atoms with van der Waals surface area (Å²) in [4.78, 5) is 17.3. The van der Waals surface area contributed by atoms with Gasteiger partial charge >= 0.3 is 0 Å². The van der Waals surface area contributed by atoms with Gasteiger partial charge in [0, 0.05) is 4.88 Å². The zero-order valence-corrected chi connectivity index (χ0v) is 12.3. The molecule has 0 saturated carbocycles. The third kappa shape index (κ3) is 3.55. The van der Waals surface area contributed by atoms with Crippen molar-refractivity contribution in [3.05, 3.63) is 51.4 Å². The van der Waals surface area contributed by atoms with Gasteiger partial charge in [0.1, 0.15) is 10.8 Å². The number of rotatable bonds is 4. The van der Waals surface area contributed by atoms with Crippen LogP contribution in [0.3, 0.4) is 0 Å². The standard InChI is InChI=1S/C14H15ClN2OS/c1-9(2)13(11-6-4-8-19-11)17-14(18)10-5-3-7-12(15)16-10/h3-9,13H,1-2H3,(H,17,18). The minimum Gasteiger partial charge on any atom is -0.343 e. The van der Waals surface area contributed by atoms with Crippen molar-refractivity contribution in [3.63, 3.8) is 0 Å². The number of pyridine rings is 1. The Morgan fingerprint density at radius 1 is 1.32 bits per heavy atom. The maximum Gasteiger partial charge on any atom is 0.270 e. The molecule has 0 aliphatic carbocycles. The first-order chi connectivity index (χ1) is 9.08. The summed E-state index contributed by atoms with van der Waals surface area (Å²) < 4.78 is 0. The molecule has 1 atom stereocenters. The van der Waals surface area contributed by atoms with Crippen molar-refractivity contribution >= 4 is 28.8 Å². The van der Waals surface area contributed by atoms with Gasteiger partial charge in [0.15, 0.2) is 0 Å². The third-order valence-electron chi connectivity index (χ3n) is 2.75. The normalized spacial score (nSPS) is 12.4. The molecule has 0 aromatic carbocycles. The highest BCUT2D eigenvalue weighted by atomic mass is 35.5. The van der Waals surface area contributed by atoms with E-state index in [1.807, 2.05) is 17.5 Å². The predicted molar refractivity (Wildman–Crippen MR) is 78.6 cm³/mol. The minimum absolute atomic E-state index is 0.00622. The van der Waals surface area contributed by atoms with E-state index < -0.39 is 0 Å². The third-order valence-corrected chi connectivity index (χ3v) is 3.92. The first-order valence-corrected chi connectivity index (χ1v) is 7.30. The van der Waals surface area contributed by atoms with Crippen LogP contribution in [0.1, 0.15) is 35.3 Å². The lowest BCUT2D eigenvalue weighted by Gasteiger charge is -2.21. The highest BCUT2D eigenvalue weighted by molar-refractivity contribution is 7.10. The van der Waals surface area contributed by atoms with E-state index in [0.29, 0.717) is 16.8 Å². The van der Waals surface area contributed by atoms with Gasteiger partial charge in [-0.25, -0.2) is 4.98 Å². The molecule has 0 spiro atoms. The molecule has 0 bridgehead atoms. The van der Waals surface area contributed by atoms with Crippen LogP contribution in [0.5, 0.6) is 0 Å². The summed E-state index contributed by atoms with van der Waals surface area (Å²) in [5.74, 6) is 0.108. The number of nitrogens with one attached hydrogen (secondary N) is 1. The van der Waals surface area contributed by atoms with E-state index in [2.05, 4.69) is 24.1 Å². The summed E-state index contributed by atoms with van der Waals surface area (Å²) in [6.07, 6.45) is 0. The van der Waals surface area contributed by atoms with Gasteiger partial charge in [-0.15, -0.1) is 11.3 Å². The Kier molecular flexibility index (Phi) is 4.56. The highest BCUT2D eigenvalue weighted by Crippen LogP contribution is 2.26. The molecule has 2 rings (SSSR count). The Morgan fingerprint density at radius 2 is 2.11 bits per heavy atom. The molecule has 1 amide bonds. The lowest BCUT2D eigenvalue weighted by Crippen LogP contribution is -2.31. The van der Waals surface area contributed by atoms with Crippen LogP contribution in [0.25, 0.3) is 0 Å². The van der Waals surface area contributed by atoms with Crippen LogP contribution in [-0.4, -0.2) is 10.9 Å². The van der Waals surface area contributed by atoms with E-state index in [0.717, 1.165) is 4.88 Å². The zero-order chi connectivity index (χ0) is 13.8. The SMILES string of the molecule is CC(C)C(NC(=O)c1cccc(Cl)n1)c1cccs1. The Balaban J connectivity index is 2.16. The Hall–Kier alpha value is -1.39. The van der Waals surface area contributed by atoms with Crippen molar-refractivity contribution in [2.75, 3.05) is 0 Å². The maximum atomic E-state index is 12.2. The number of carbonyl (C=O) groups is 1. The van der Waals surface area contributed by atoms with E-state index in [4.69, 9.17) is 11.6 Å². The maximum absolute atomic E-state index is 12.2. The number of thiophene rings is 1. The second-order valence-electron chi connectivity index (χ2n) is 4.56. The number of halogens is 1. The van der Waals surface area contributed by atoms with Crippen molar-refractivity contribution in [1.82, 2.24) is 10.3 Å². The summed E-state index contributed by atoms with van der Waals surface area (Å²) in [6.45, 7) is 4.16. The molecule has 3 nitrogen and oxygen atoms in total. The second-order valence-corrected chi connectivity index (χ2v) is 5.92. The van der Waals surface area contributed by atoms with Crippen LogP contribution in [0.15, 0.2) is 35.7 Å². The minimum atomic E-state index is -0.199. The smallest absolute Gasteiger partial charge is 0.270 e. The zero-order valence-electron chi connectivity index (χ0n) is 10.8. The van der Waals surface area contributed by atoms with Gasteiger partial charge in [0.2, 0.25) is 0 Å². The Labute approximate surface area is 121 Å². The molecule has 19 heavy (non-hydrogen) atoms. The highest BCUT2D eigenvalue weighted by Gasteiger charge is 2.20. The number of nitrogens with zero attached hydrogens (tertiary/aromatic N) is 1. The molecular weight excluding hydrogens is 280 g/mol. The topological polar surface area (TPSA) is 42.0 Å². The van der Waals surface area contributed by atoms with Crippen molar-refractivity contribution in [1.29, 1.82) is 0 Å². The van der Waals surface area contributed by atoms with Crippen LogP contribution in [0.2, 0.25) is 5.15 Å². The lowest BCUT2D eigenvalue weighted by molar-refractivity contribution is 0.0921. The fourth-order valence-corrected chi connectivity index (χ4v) is 2.90. The summed E-state index contributed by atoms with van der Waals surface area (Å²) in [7, 11) is 0. The number of hydrogen-bond donors (Lipinski definition) is 1. The summed E-state index contributed by atoms with van der Waals surface area (Å²) >= 11 is 7.44. The van der Waals surface area contributed by atoms with Crippen molar-refractivity contribution in [2.45, 2.75) is 19.9 Å². The molecule has 2 aromatic rings. The van der Waals surface area contributed by atoms with Crippen molar-refractivity contribution in [3.8, 4) is 0 Å². The lowest BCUT2D eigenvalue weighted by atomic mass is 10.0. The number of hydrogen-bond acceptors (Lipinski definition) is 3. The Morgan fingerprint density at radius 3 is 2.68 bits per heavy atom. The van der Waals surface area contributed by atoms with Gasteiger partial charge in [-0.1, -0.05) is 37.6 Å². The largest absolute Gasteiger partial charge is 0.343 e. The average Bonchev–Trinajstić information content (AvgIpc) is 2.88. The van der Waals surface area contributed by atoms with E-state index in [9.17, 15) is 4.79 Å². The molecular formula is C14H15ClN2OS. The molecule has 0 fully saturated rings. The van der Waals surface area contributed by atoms with Gasteiger partial charge < -0.3 is 5.32 Å². The molecule has 1 N–H and O–H groups in total. The molecule has 5 heteroatoms. The van der Waals surface area contributed by atoms with Gasteiger partial charge in [0.05, 0.1) is 6.04 Å². The number of amides is 1. The van der Waals surface area contributed by atoms with Gasteiger partial charge in [-0.05, 0) is 29.5 Å². The number of carbonyl (C=O) groups excluding carboxylic acids is 1. The predicted octanol–water partition coefficient (Wildman–Crippen LogP) is 3.92. The molecule has 0 aliphatic heterocycles. The van der Waals surface area contributed by atoms with Crippen LogP contribution in [-0.2, 0) is 0 Å². The average molecular weight is 295 g/mol. The summed E-state index contributed by atoms with van der Waals surface area (Å²) in [5.41, 5.74) is 0.342. The second kappa shape index (κ2) is 6.17. The van der Waals surface area contributed by atoms with Crippen LogP contribution in [0.4, 0.5) is 0 Å². The summed E-state index contributed by atoms with van der Waals surface area (Å²) in [5, 5.41) is 5.35. The van der Waals surface area contributed by atoms with E-state index in [1.54, 1.807) is 29.5 Å². The molecule has 0 radical (unpaired) electrons. The van der Waals surface area contributed by atoms with Crippen LogP contribution >= 0.6 is 22.9 Å². The van der Waals surface area contributed by atoms with Gasteiger partial charge in [-0.2, -0.15) is 0 Å².